The lowest BCUT2D eigenvalue weighted by Gasteiger charge is -2.28. The Morgan fingerprint density at radius 1 is 0.917 bits per heavy atom. The van der Waals surface area contributed by atoms with E-state index in [-0.39, 0.29) is 4.87 Å². The predicted molar refractivity (Wildman–Crippen MR) is 101 cm³/mol. The number of fused-ring (bicyclic) bond motifs is 2. The van der Waals surface area contributed by atoms with Crippen LogP contribution in [0.5, 0.6) is 0 Å². The Bertz CT molecular complexity index is 896. The van der Waals surface area contributed by atoms with Gasteiger partial charge in [0, 0.05) is 19.6 Å². The minimum absolute atomic E-state index is 0.170. The van der Waals surface area contributed by atoms with Crippen molar-refractivity contribution in [1.82, 2.24) is 9.47 Å². The molecule has 0 fully saturated rings. The molecule has 124 valence electrons. The van der Waals surface area contributed by atoms with E-state index in [9.17, 15) is 4.79 Å². The second-order valence-electron chi connectivity index (χ2n) is 6.49. The maximum absolute atomic E-state index is 12.1. The molecule has 2 aromatic carbocycles. The maximum atomic E-state index is 12.1. The van der Waals surface area contributed by atoms with E-state index in [0.29, 0.717) is 0 Å². The number of hydrogen-bond acceptors (Lipinski definition) is 3. The summed E-state index contributed by atoms with van der Waals surface area (Å²) in [5, 5.41) is 0. The van der Waals surface area contributed by atoms with Gasteiger partial charge in [0.2, 0.25) is 0 Å². The van der Waals surface area contributed by atoms with Gasteiger partial charge in [0.25, 0.3) is 0 Å². The molecule has 4 heteroatoms. The van der Waals surface area contributed by atoms with Crippen LogP contribution in [0.15, 0.2) is 53.3 Å². The zero-order valence-electron chi connectivity index (χ0n) is 13.8. The molecule has 0 saturated carbocycles. The van der Waals surface area contributed by atoms with Gasteiger partial charge in [-0.3, -0.25) is 14.3 Å². The Morgan fingerprint density at radius 3 is 2.58 bits per heavy atom. The molecule has 0 atom stereocenters. The molecule has 0 radical (unpaired) electrons. The van der Waals surface area contributed by atoms with Gasteiger partial charge < -0.3 is 0 Å². The first-order chi connectivity index (χ1) is 11.8. The molecule has 4 rings (SSSR count). The SMILES string of the molecule is O=c1sc2ccccc2n1CCCCN1CCc2ccccc2C1. The van der Waals surface area contributed by atoms with E-state index < -0.39 is 0 Å². The van der Waals surface area contributed by atoms with Crippen molar-refractivity contribution >= 4 is 21.6 Å². The second-order valence-corrected chi connectivity index (χ2v) is 7.48. The first kappa shape index (κ1) is 15.6. The number of rotatable bonds is 5. The summed E-state index contributed by atoms with van der Waals surface area (Å²) < 4.78 is 3.03. The fraction of sp³-hybridized carbons (Fsp3) is 0.350. The summed E-state index contributed by atoms with van der Waals surface area (Å²) in [7, 11) is 0. The minimum atomic E-state index is 0.170. The van der Waals surface area contributed by atoms with Crippen molar-refractivity contribution in [2.24, 2.45) is 0 Å². The average molecular weight is 338 g/mol. The van der Waals surface area contributed by atoms with E-state index in [1.807, 2.05) is 22.8 Å². The van der Waals surface area contributed by atoms with Crippen molar-refractivity contribution in [3.63, 3.8) is 0 Å². The lowest BCUT2D eigenvalue weighted by atomic mass is 10.00. The number of aryl methyl sites for hydroxylation is 1. The van der Waals surface area contributed by atoms with Crippen LogP contribution in [0.2, 0.25) is 0 Å². The number of thiazole rings is 1. The molecule has 0 unspecified atom stereocenters. The van der Waals surface area contributed by atoms with Gasteiger partial charge in [0.05, 0.1) is 10.2 Å². The van der Waals surface area contributed by atoms with Crippen molar-refractivity contribution in [2.75, 3.05) is 13.1 Å². The molecule has 1 aromatic heterocycles. The third kappa shape index (κ3) is 3.17. The number of nitrogens with zero attached hydrogens (tertiary/aromatic N) is 2. The van der Waals surface area contributed by atoms with Crippen LogP contribution in [0.4, 0.5) is 0 Å². The van der Waals surface area contributed by atoms with Crippen LogP contribution in [0, 0.1) is 0 Å². The van der Waals surface area contributed by atoms with E-state index in [2.05, 4.69) is 35.2 Å². The third-order valence-electron chi connectivity index (χ3n) is 4.89. The Hall–Kier alpha value is -1.91. The third-order valence-corrected chi connectivity index (χ3v) is 5.85. The van der Waals surface area contributed by atoms with Crippen molar-refractivity contribution < 1.29 is 0 Å². The van der Waals surface area contributed by atoms with Gasteiger partial charge in [-0.15, -0.1) is 0 Å². The molecule has 0 spiro atoms. The van der Waals surface area contributed by atoms with Crippen molar-refractivity contribution in [3.05, 3.63) is 69.3 Å². The van der Waals surface area contributed by atoms with Crippen LogP contribution in [-0.4, -0.2) is 22.6 Å². The second kappa shape index (κ2) is 6.91. The average Bonchev–Trinajstić information content (AvgIpc) is 2.94. The minimum Gasteiger partial charge on any atom is -0.299 e. The normalized spacial score (nSPS) is 14.8. The Balaban J connectivity index is 1.32. The van der Waals surface area contributed by atoms with Crippen molar-refractivity contribution in [1.29, 1.82) is 0 Å². The van der Waals surface area contributed by atoms with E-state index in [4.69, 9.17) is 0 Å². The molecule has 3 nitrogen and oxygen atoms in total. The van der Waals surface area contributed by atoms with Gasteiger partial charge in [-0.1, -0.05) is 47.7 Å². The summed E-state index contributed by atoms with van der Waals surface area (Å²) in [5.74, 6) is 0. The smallest absolute Gasteiger partial charge is 0.299 e. The van der Waals surface area contributed by atoms with Gasteiger partial charge in [0.15, 0.2) is 0 Å². The van der Waals surface area contributed by atoms with Crippen LogP contribution in [0.25, 0.3) is 10.2 Å². The molecule has 0 N–H and O–H groups in total. The maximum Gasteiger partial charge on any atom is 0.308 e. The Morgan fingerprint density at radius 2 is 1.67 bits per heavy atom. The Kier molecular flexibility index (Phi) is 4.50. The monoisotopic (exact) mass is 338 g/mol. The molecule has 0 saturated heterocycles. The highest BCUT2D eigenvalue weighted by atomic mass is 32.1. The summed E-state index contributed by atoms with van der Waals surface area (Å²) >= 11 is 1.35. The summed E-state index contributed by atoms with van der Waals surface area (Å²) in [6.07, 6.45) is 3.35. The predicted octanol–water partition coefficient (Wildman–Crippen LogP) is 3.90. The highest BCUT2D eigenvalue weighted by Crippen LogP contribution is 2.19. The van der Waals surface area contributed by atoms with Crippen LogP contribution in [0.3, 0.4) is 0 Å². The lowest BCUT2D eigenvalue weighted by Crippen LogP contribution is -2.31. The molecular formula is C20H22N2OS. The van der Waals surface area contributed by atoms with Gasteiger partial charge in [-0.05, 0) is 49.1 Å². The summed E-state index contributed by atoms with van der Waals surface area (Å²) in [6.45, 7) is 4.16. The molecule has 0 aliphatic carbocycles. The molecular weight excluding hydrogens is 316 g/mol. The van der Waals surface area contributed by atoms with Crippen LogP contribution < -0.4 is 4.87 Å². The molecule has 0 bridgehead atoms. The molecule has 1 aliphatic rings. The van der Waals surface area contributed by atoms with Gasteiger partial charge in [0.1, 0.15) is 0 Å². The summed E-state index contributed by atoms with van der Waals surface area (Å²) in [4.78, 5) is 14.9. The zero-order valence-corrected chi connectivity index (χ0v) is 14.6. The first-order valence-corrected chi connectivity index (χ1v) is 9.50. The zero-order chi connectivity index (χ0) is 16.4. The summed E-state index contributed by atoms with van der Waals surface area (Å²) in [5.41, 5.74) is 4.06. The van der Waals surface area contributed by atoms with Crippen LogP contribution >= 0.6 is 11.3 Å². The van der Waals surface area contributed by atoms with Gasteiger partial charge in [-0.2, -0.15) is 0 Å². The van der Waals surface area contributed by atoms with Crippen molar-refractivity contribution in [2.45, 2.75) is 32.4 Å². The first-order valence-electron chi connectivity index (χ1n) is 8.69. The van der Waals surface area contributed by atoms with Crippen molar-refractivity contribution in [3.8, 4) is 0 Å². The largest absolute Gasteiger partial charge is 0.308 e. The van der Waals surface area contributed by atoms with Gasteiger partial charge >= 0.3 is 4.87 Å². The molecule has 0 amide bonds. The molecule has 1 aliphatic heterocycles. The lowest BCUT2D eigenvalue weighted by molar-refractivity contribution is 0.247. The highest BCUT2D eigenvalue weighted by molar-refractivity contribution is 7.16. The quantitative estimate of drug-likeness (QED) is 0.659. The number of benzene rings is 2. The van der Waals surface area contributed by atoms with E-state index in [1.165, 1.54) is 22.5 Å². The molecule has 24 heavy (non-hydrogen) atoms. The standard InChI is InChI=1S/C20H22N2OS/c23-20-22(18-9-3-4-10-19(18)24-20)13-6-5-12-21-14-11-16-7-1-2-8-17(16)15-21/h1-4,7-10H,5-6,11-15H2. The fourth-order valence-electron chi connectivity index (χ4n) is 3.58. The molecule has 2 heterocycles. The number of unbranched alkanes of at least 4 members (excludes halogenated alkanes) is 1. The van der Waals surface area contributed by atoms with Gasteiger partial charge in [-0.25, -0.2) is 0 Å². The van der Waals surface area contributed by atoms with E-state index in [1.54, 1.807) is 0 Å². The van der Waals surface area contributed by atoms with Crippen LogP contribution in [0.1, 0.15) is 24.0 Å². The highest BCUT2D eigenvalue weighted by Gasteiger charge is 2.15. The fourth-order valence-corrected chi connectivity index (χ4v) is 4.49. The molecule has 3 aromatic rings. The number of para-hydroxylation sites is 1. The summed E-state index contributed by atoms with van der Waals surface area (Å²) in [6, 6.07) is 16.9. The topological polar surface area (TPSA) is 25.2 Å². The van der Waals surface area contributed by atoms with E-state index >= 15 is 0 Å². The number of hydrogen-bond donors (Lipinski definition) is 0. The number of aromatic nitrogens is 1. The Labute approximate surface area is 146 Å². The van der Waals surface area contributed by atoms with Crippen LogP contribution in [-0.2, 0) is 19.5 Å². The van der Waals surface area contributed by atoms with E-state index in [0.717, 1.165) is 55.7 Å².